The van der Waals surface area contributed by atoms with E-state index in [0.29, 0.717) is 6.42 Å². The standard InChI is InChI=1S/C37H73O7P/c1-2-3-4-5-6-7-8-9-10-11-12-13-14-15-16-17-18-19-20-21-22-23-24-25-26-27-28-29-30-31-32-33-35(39)37(36(40)34-38)44-45(41,42)43/h9-10,36-38,40H,2-8,11-34H2,1H3,(H2,41,42,43)/b10-9-. The molecule has 0 aromatic carbocycles. The fraction of sp³-hybridized carbons (Fsp3) is 0.919. The van der Waals surface area contributed by atoms with Crippen LogP contribution in [-0.2, 0) is 13.9 Å². The number of ketones is 1. The van der Waals surface area contributed by atoms with Crippen molar-refractivity contribution < 1.29 is 33.9 Å². The summed E-state index contributed by atoms with van der Waals surface area (Å²) in [6.45, 7) is 1.48. The largest absolute Gasteiger partial charge is 0.470 e. The molecule has 0 bridgehead atoms. The molecule has 0 aromatic rings. The van der Waals surface area contributed by atoms with Gasteiger partial charge in [0.1, 0.15) is 6.10 Å². The van der Waals surface area contributed by atoms with Crippen LogP contribution < -0.4 is 0 Å². The van der Waals surface area contributed by atoms with Crippen molar-refractivity contribution in [2.45, 2.75) is 212 Å². The minimum Gasteiger partial charge on any atom is -0.394 e. The van der Waals surface area contributed by atoms with Gasteiger partial charge in [-0.2, -0.15) is 0 Å². The number of phosphoric ester groups is 1. The number of allylic oxidation sites excluding steroid dienone is 2. The molecule has 45 heavy (non-hydrogen) atoms. The first-order valence-corrected chi connectivity index (χ1v) is 20.6. The maximum absolute atomic E-state index is 12.1. The lowest BCUT2D eigenvalue weighted by Gasteiger charge is -2.20. The number of carbonyl (C=O) groups is 1. The summed E-state index contributed by atoms with van der Waals surface area (Å²) >= 11 is 0. The molecule has 0 amide bonds. The number of phosphoric acid groups is 1. The first kappa shape index (κ1) is 44.4. The Balaban J connectivity index is 3.33. The quantitative estimate of drug-likeness (QED) is 0.0299. The van der Waals surface area contributed by atoms with Crippen LogP contribution in [0, 0.1) is 0 Å². The number of aliphatic hydroxyl groups excluding tert-OH is 2. The molecule has 0 fully saturated rings. The van der Waals surface area contributed by atoms with E-state index in [9.17, 15) is 14.5 Å². The van der Waals surface area contributed by atoms with Crippen molar-refractivity contribution >= 4 is 13.6 Å². The van der Waals surface area contributed by atoms with Crippen LogP contribution in [0.1, 0.15) is 200 Å². The number of aliphatic hydroxyl groups is 2. The van der Waals surface area contributed by atoms with Gasteiger partial charge in [-0.05, 0) is 32.1 Å². The Labute approximate surface area is 277 Å². The van der Waals surface area contributed by atoms with Gasteiger partial charge >= 0.3 is 7.82 Å². The van der Waals surface area contributed by atoms with E-state index in [4.69, 9.17) is 14.9 Å². The molecule has 4 N–H and O–H groups in total. The van der Waals surface area contributed by atoms with E-state index in [1.54, 1.807) is 0 Å². The van der Waals surface area contributed by atoms with E-state index < -0.39 is 32.4 Å². The molecule has 8 heteroatoms. The van der Waals surface area contributed by atoms with Gasteiger partial charge < -0.3 is 20.0 Å². The SMILES string of the molecule is CCCCCCCC/C=C\CCCCCCCCCCCCCCCCCCCCCCCC(=O)C(OP(=O)(O)O)C(O)CO. The molecule has 0 saturated heterocycles. The highest BCUT2D eigenvalue weighted by Crippen LogP contribution is 2.38. The molecule has 7 nitrogen and oxygen atoms in total. The van der Waals surface area contributed by atoms with Gasteiger partial charge in [0.15, 0.2) is 11.9 Å². The molecular weight excluding hydrogens is 587 g/mol. The maximum atomic E-state index is 12.1. The molecule has 0 aromatic heterocycles. The Hall–Kier alpha value is -0.560. The lowest BCUT2D eigenvalue weighted by Crippen LogP contribution is -2.38. The summed E-state index contributed by atoms with van der Waals surface area (Å²) in [5.41, 5.74) is 0. The van der Waals surface area contributed by atoms with Crippen LogP contribution in [-0.4, -0.2) is 44.6 Å². The zero-order chi connectivity index (χ0) is 33.3. The monoisotopic (exact) mass is 661 g/mol. The lowest BCUT2D eigenvalue weighted by atomic mass is 10.0. The highest BCUT2D eigenvalue weighted by Gasteiger charge is 2.33. The highest BCUT2D eigenvalue weighted by molar-refractivity contribution is 7.46. The van der Waals surface area contributed by atoms with Gasteiger partial charge in [-0.3, -0.25) is 9.32 Å². The first-order valence-electron chi connectivity index (χ1n) is 19.0. The molecule has 2 atom stereocenters. The van der Waals surface area contributed by atoms with E-state index >= 15 is 0 Å². The van der Waals surface area contributed by atoms with Crippen LogP contribution in [0.4, 0.5) is 0 Å². The van der Waals surface area contributed by atoms with Crippen LogP contribution in [0.25, 0.3) is 0 Å². The Morgan fingerprint density at radius 1 is 0.578 bits per heavy atom. The van der Waals surface area contributed by atoms with Crippen molar-refractivity contribution in [1.82, 2.24) is 0 Å². The van der Waals surface area contributed by atoms with E-state index in [1.807, 2.05) is 0 Å². The predicted molar refractivity (Wildman–Crippen MR) is 188 cm³/mol. The van der Waals surface area contributed by atoms with E-state index in [0.717, 1.165) is 19.3 Å². The molecular formula is C37H73O7P. The van der Waals surface area contributed by atoms with E-state index in [2.05, 4.69) is 23.6 Å². The number of Topliss-reactive ketones (excluding diaryl/α,β-unsaturated/α-hetero) is 1. The first-order chi connectivity index (χ1) is 21.8. The van der Waals surface area contributed by atoms with Crippen LogP contribution in [0.2, 0.25) is 0 Å². The normalized spacial score (nSPS) is 13.5. The van der Waals surface area contributed by atoms with Crippen molar-refractivity contribution in [2.24, 2.45) is 0 Å². The lowest BCUT2D eigenvalue weighted by molar-refractivity contribution is -0.133. The van der Waals surface area contributed by atoms with Gasteiger partial charge in [0.25, 0.3) is 0 Å². The Morgan fingerprint density at radius 2 is 0.889 bits per heavy atom. The minimum atomic E-state index is -4.92. The van der Waals surface area contributed by atoms with Crippen LogP contribution in [0.5, 0.6) is 0 Å². The molecule has 0 aliphatic carbocycles. The average molecular weight is 661 g/mol. The third-order valence-corrected chi connectivity index (χ3v) is 9.29. The fourth-order valence-corrected chi connectivity index (χ4v) is 6.48. The molecule has 2 unspecified atom stereocenters. The Morgan fingerprint density at radius 3 is 1.20 bits per heavy atom. The van der Waals surface area contributed by atoms with Crippen molar-refractivity contribution in [1.29, 1.82) is 0 Å². The van der Waals surface area contributed by atoms with Crippen molar-refractivity contribution in [3.8, 4) is 0 Å². The molecule has 0 radical (unpaired) electrons. The fourth-order valence-electron chi connectivity index (χ4n) is 5.93. The van der Waals surface area contributed by atoms with Gasteiger partial charge in [0.2, 0.25) is 0 Å². The zero-order valence-corrected chi connectivity index (χ0v) is 30.1. The number of unbranched alkanes of at least 4 members (excludes halogenated alkanes) is 27. The molecule has 0 aliphatic rings. The van der Waals surface area contributed by atoms with Gasteiger partial charge in [-0.25, -0.2) is 4.57 Å². The molecule has 0 rings (SSSR count). The van der Waals surface area contributed by atoms with Crippen molar-refractivity contribution in [2.75, 3.05) is 6.61 Å². The third-order valence-electron chi connectivity index (χ3n) is 8.79. The highest BCUT2D eigenvalue weighted by atomic mass is 31.2. The predicted octanol–water partition coefficient (Wildman–Crippen LogP) is 10.7. The summed E-state index contributed by atoms with van der Waals surface area (Å²) in [5, 5.41) is 18.6. The van der Waals surface area contributed by atoms with Crippen LogP contribution in [0.15, 0.2) is 12.2 Å². The van der Waals surface area contributed by atoms with Crippen molar-refractivity contribution in [3.63, 3.8) is 0 Å². The van der Waals surface area contributed by atoms with Gasteiger partial charge in [-0.1, -0.05) is 173 Å². The molecule has 0 saturated carbocycles. The summed E-state index contributed by atoms with van der Waals surface area (Å²) < 4.78 is 15.4. The molecule has 268 valence electrons. The Bertz CT molecular complexity index is 709. The van der Waals surface area contributed by atoms with E-state index in [-0.39, 0.29) is 6.42 Å². The molecule has 0 spiro atoms. The van der Waals surface area contributed by atoms with Crippen molar-refractivity contribution in [3.05, 3.63) is 12.2 Å². The number of hydrogen-bond acceptors (Lipinski definition) is 5. The maximum Gasteiger partial charge on any atom is 0.470 e. The van der Waals surface area contributed by atoms with Gasteiger partial charge in [0, 0.05) is 6.42 Å². The zero-order valence-electron chi connectivity index (χ0n) is 29.2. The Kier molecular flexibility index (Phi) is 32.9. The van der Waals surface area contributed by atoms with E-state index in [1.165, 1.54) is 161 Å². The number of carbonyl (C=O) groups excluding carboxylic acids is 1. The second-order valence-corrected chi connectivity index (χ2v) is 14.4. The molecule has 0 aliphatic heterocycles. The summed E-state index contributed by atoms with van der Waals surface area (Å²) in [5.74, 6) is -0.589. The summed E-state index contributed by atoms with van der Waals surface area (Å²) in [4.78, 5) is 30.0. The topological polar surface area (TPSA) is 124 Å². The van der Waals surface area contributed by atoms with Crippen LogP contribution in [0.3, 0.4) is 0 Å². The minimum absolute atomic E-state index is 0.0690. The third kappa shape index (κ3) is 33.1. The number of rotatable bonds is 36. The summed E-state index contributed by atoms with van der Waals surface area (Å²) in [6, 6.07) is 0. The smallest absolute Gasteiger partial charge is 0.394 e. The summed E-state index contributed by atoms with van der Waals surface area (Å²) in [6.07, 6.45) is 39.2. The van der Waals surface area contributed by atoms with Crippen LogP contribution >= 0.6 is 7.82 Å². The number of hydrogen-bond donors (Lipinski definition) is 4. The summed E-state index contributed by atoms with van der Waals surface area (Å²) in [7, 11) is -4.92. The van der Waals surface area contributed by atoms with Gasteiger partial charge in [-0.15, -0.1) is 0 Å². The average Bonchev–Trinajstić information content (AvgIpc) is 3.01. The van der Waals surface area contributed by atoms with Gasteiger partial charge in [0.05, 0.1) is 6.61 Å². The molecule has 0 heterocycles. The second kappa shape index (κ2) is 33.3. The second-order valence-electron chi connectivity index (χ2n) is 13.2.